The Kier molecular flexibility index (Phi) is 9.79. The van der Waals surface area contributed by atoms with Gasteiger partial charge in [0.25, 0.3) is 0 Å². The molecule has 0 aromatic heterocycles. The Hall–Kier alpha value is -0.740. The molecule has 0 atom stereocenters. The standard InChI is InChI=1S/C13H23F3O2/c1-2-3-4-5-6-7-8-9-10-11-18-12(17)13(14,15)16/h2-11H2,1H3. The van der Waals surface area contributed by atoms with Gasteiger partial charge in [0.05, 0.1) is 6.61 Å². The van der Waals surface area contributed by atoms with Crippen LogP contribution < -0.4 is 0 Å². The van der Waals surface area contributed by atoms with Crippen molar-refractivity contribution < 1.29 is 22.7 Å². The summed E-state index contributed by atoms with van der Waals surface area (Å²) in [6, 6.07) is 0. The van der Waals surface area contributed by atoms with Crippen molar-refractivity contribution in [2.45, 2.75) is 70.9 Å². The fourth-order valence-corrected chi connectivity index (χ4v) is 1.66. The number of hydrogen-bond acceptors (Lipinski definition) is 2. The Morgan fingerprint density at radius 2 is 1.33 bits per heavy atom. The molecule has 0 radical (unpaired) electrons. The molecule has 18 heavy (non-hydrogen) atoms. The summed E-state index contributed by atoms with van der Waals surface area (Å²) in [5, 5.41) is 0. The van der Waals surface area contributed by atoms with Crippen LogP contribution in [0.15, 0.2) is 0 Å². The number of ether oxygens (including phenoxy) is 1. The predicted molar refractivity (Wildman–Crippen MR) is 64.2 cm³/mol. The highest BCUT2D eigenvalue weighted by Gasteiger charge is 2.40. The van der Waals surface area contributed by atoms with Crippen molar-refractivity contribution in [2.24, 2.45) is 0 Å². The van der Waals surface area contributed by atoms with E-state index in [4.69, 9.17) is 0 Å². The fourth-order valence-electron chi connectivity index (χ4n) is 1.66. The molecule has 108 valence electrons. The van der Waals surface area contributed by atoms with Crippen LogP contribution in [0, 0.1) is 0 Å². The van der Waals surface area contributed by atoms with Crippen LogP contribution in [0.1, 0.15) is 64.7 Å². The summed E-state index contributed by atoms with van der Waals surface area (Å²) < 4.78 is 39.4. The maximum absolute atomic E-state index is 11.8. The van der Waals surface area contributed by atoms with Crippen molar-refractivity contribution in [3.8, 4) is 0 Å². The van der Waals surface area contributed by atoms with E-state index in [0.717, 1.165) is 19.3 Å². The Morgan fingerprint density at radius 1 is 0.889 bits per heavy atom. The minimum atomic E-state index is -4.86. The third kappa shape index (κ3) is 10.4. The lowest BCUT2D eigenvalue weighted by atomic mass is 10.1. The lowest BCUT2D eigenvalue weighted by Gasteiger charge is -2.06. The number of alkyl halides is 3. The van der Waals surface area contributed by atoms with Crippen LogP contribution in [0.2, 0.25) is 0 Å². The molecule has 0 saturated heterocycles. The average Bonchev–Trinajstić information content (AvgIpc) is 2.30. The third-order valence-electron chi connectivity index (χ3n) is 2.71. The molecule has 0 aromatic carbocycles. The highest BCUT2D eigenvalue weighted by molar-refractivity contribution is 5.75. The van der Waals surface area contributed by atoms with Crippen molar-refractivity contribution in [1.29, 1.82) is 0 Å². The predicted octanol–water partition coefficient (Wildman–Crippen LogP) is 4.62. The molecule has 0 aromatic rings. The number of carbonyl (C=O) groups excluding carboxylic acids is 1. The normalized spacial score (nSPS) is 11.6. The molecule has 0 heterocycles. The summed E-state index contributed by atoms with van der Waals surface area (Å²) in [5.41, 5.74) is 0. The SMILES string of the molecule is CCCCCCCCCCCOC(=O)C(F)(F)F. The second-order valence-corrected chi connectivity index (χ2v) is 4.46. The smallest absolute Gasteiger partial charge is 0.459 e. The quantitative estimate of drug-likeness (QED) is 0.427. The molecule has 0 aliphatic rings. The van der Waals surface area contributed by atoms with Gasteiger partial charge in [0, 0.05) is 0 Å². The van der Waals surface area contributed by atoms with Gasteiger partial charge in [0.15, 0.2) is 0 Å². The minimum absolute atomic E-state index is 0.131. The van der Waals surface area contributed by atoms with Crippen molar-refractivity contribution in [3.63, 3.8) is 0 Å². The first-order valence-corrected chi connectivity index (χ1v) is 6.72. The molecule has 0 saturated carbocycles. The molecule has 2 nitrogen and oxygen atoms in total. The minimum Gasteiger partial charge on any atom is -0.459 e. The first-order valence-electron chi connectivity index (χ1n) is 6.72. The molecule has 0 fully saturated rings. The molecule has 0 unspecified atom stereocenters. The van der Waals surface area contributed by atoms with E-state index in [-0.39, 0.29) is 6.61 Å². The zero-order chi connectivity index (χ0) is 13.9. The van der Waals surface area contributed by atoms with E-state index in [1.54, 1.807) is 0 Å². The maximum atomic E-state index is 11.8. The van der Waals surface area contributed by atoms with Crippen molar-refractivity contribution in [2.75, 3.05) is 6.61 Å². The van der Waals surface area contributed by atoms with Gasteiger partial charge in [0.1, 0.15) is 0 Å². The van der Waals surface area contributed by atoms with E-state index >= 15 is 0 Å². The Labute approximate surface area is 107 Å². The molecular weight excluding hydrogens is 245 g/mol. The van der Waals surface area contributed by atoms with Crippen molar-refractivity contribution >= 4 is 5.97 Å². The van der Waals surface area contributed by atoms with Gasteiger partial charge in [-0.25, -0.2) is 4.79 Å². The van der Waals surface area contributed by atoms with E-state index in [2.05, 4.69) is 11.7 Å². The van der Waals surface area contributed by atoms with Crippen LogP contribution in [-0.2, 0) is 9.53 Å². The zero-order valence-corrected chi connectivity index (χ0v) is 11.0. The summed E-state index contributed by atoms with van der Waals surface area (Å²) >= 11 is 0. The molecule has 0 aliphatic heterocycles. The Balaban J connectivity index is 3.19. The largest absolute Gasteiger partial charge is 0.490 e. The topological polar surface area (TPSA) is 26.3 Å². The molecule has 0 amide bonds. The lowest BCUT2D eigenvalue weighted by Crippen LogP contribution is -2.25. The third-order valence-corrected chi connectivity index (χ3v) is 2.71. The Bertz CT molecular complexity index is 215. The number of hydrogen-bond donors (Lipinski definition) is 0. The van der Waals surface area contributed by atoms with Gasteiger partial charge in [0.2, 0.25) is 0 Å². The zero-order valence-electron chi connectivity index (χ0n) is 11.0. The fraction of sp³-hybridized carbons (Fsp3) is 0.923. The van der Waals surface area contributed by atoms with Gasteiger partial charge in [-0.05, 0) is 6.42 Å². The first-order chi connectivity index (χ1) is 8.48. The van der Waals surface area contributed by atoms with E-state index in [1.165, 1.54) is 32.1 Å². The summed E-state index contributed by atoms with van der Waals surface area (Å²) in [6.45, 7) is 2.04. The van der Waals surface area contributed by atoms with Gasteiger partial charge in [-0.3, -0.25) is 0 Å². The highest BCUT2D eigenvalue weighted by atomic mass is 19.4. The second-order valence-electron chi connectivity index (χ2n) is 4.46. The average molecular weight is 268 g/mol. The van der Waals surface area contributed by atoms with Gasteiger partial charge in [-0.15, -0.1) is 0 Å². The number of esters is 1. The van der Waals surface area contributed by atoms with Gasteiger partial charge in [-0.2, -0.15) is 13.2 Å². The van der Waals surface area contributed by atoms with Crippen LogP contribution in [0.4, 0.5) is 13.2 Å². The number of unbranched alkanes of at least 4 members (excludes halogenated alkanes) is 8. The summed E-state index contributed by atoms with van der Waals surface area (Å²) in [7, 11) is 0. The highest BCUT2D eigenvalue weighted by Crippen LogP contribution is 2.16. The van der Waals surface area contributed by atoms with E-state index in [1.807, 2.05) is 0 Å². The molecular formula is C13H23F3O2. The Morgan fingerprint density at radius 3 is 1.78 bits per heavy atom. The monoisotopic (exact) mass is 268 g/mol. The molecule has 0 spiro atoms. The molecule has 5 heteroatoms. The van der Waals surface area contributed by atoms with Crippen LogP contribution in [-0.4, -0.2) is 18.8 Å². The van der Waals surface area contributed by atoms with E-state index in [0.29, 0.717) is 6.42 Å². The second kappa shape index (κ2) is 10.2. The van der Waals surface area contributed by atoms with E-state index < -0.39 is 12.1 Å². The van der Waals surface area contributed by atoms with Crippen molar-refractivity contribution in [1.82, 2.24) is 0 Å². The maximum Gasteiger partial charge on any atom is 0.490 e. The van der Waals surface area contributed by atoms with Gasteiger partial charge in [-0.1, -0.05) is 58.3 Å². The van der Waals surface area contributed by atoms with Crippen molar-refractivity contribution in [3.05, 3.63) is 0 Å². The number of halogens is 3. The molecule has 0 rings (SSSR count). The number of carbonyl (C=O) groups is 1. The van der Waals surface area contributed by atoms with Crippen LogP contribution >= 0.6 is 0 Å². The van der Waals surface area contributed by atoms with Crippen LogP contribution in [0.3, 0.4) is 0 Å². The molecule has 0 aliphatic carbocycles. The number of rotatable bonds is 10. The first kappa shape index (κ1) is 17.3. The molecule has 0 bridgehead atoms. The van der Waals surface area contributed by atoms with Crippen LogP contribution in [0.5, 0.6) is 0 Å². The summed E-state index contributed by atoms with van der Waals surface area (Å²) in [6.07, 6.45) is 4.75. The van der Waals surface area contributed by atoms with Gasteiger partial charge >= 0.3 is 12.1 Å². The van der Waals surface area contributed by atoms with Crippen LogP contribution in [0.25, 0.3) is 0 Å². The molecule has 0 N–H and O–H groups in total. The summed E-state index contributed by atoms with van der Waals surface area (Å²) in [4.78, 5) is 10.4. The van der Waals surface area contributed by atoms with E-state index in [9.17, 15) is 18.0 Å². The van der Waals surface area contributed by atoms with Gasteiger partial charge < -0.3 is 4.74 Å². The lowest BCUT2D eigenvalue weighted by molar-refractivity contribution is -0.199. The summed E-state index contributed by atoms with van der Waals surface area (Å²) in [5.74, 6) is -2.08.